The molecular weight excluding hydrogens is 272 g/mol. The highest BCUT2D eigenvalue weighted by Crippen LogP contribution is 2.25. The maximum absolute atomic E-state index is 10.8. The van der Waals surface area contributed by atoms with Crippen molar-refractivity contribution in [2.24, 2.45) is 0 Å². The van der Waals surface area contributed by atoms with E-state index in [4.69, 9.17) is 4.74 Å². The van der Waals surface area contributed by atoms with Crippen molar-refractivity contribution in [2.45, 2.75) is 31.8 Å². The van der Waals surface area contributed by atoms with Gasteiger partial charge in [0.2, 0.25) is 0 Å². The van der Waals surface area contributed by atoms with Crippen molar-refractivity contribution in [3.05, 3.63) is 27.9 Å². The molecule has 2 aliphatic rings. The maximum atomic E-state index is 10.8. The Morgan fingerprint density at radius 2 is 2.10 bits per heavy atom. The molecule has 7 heteroatoms. The van der Waals surface area contributed by atoms with E-state index in [2.05, 4.69) is 15.2 Å². The van der Waals surface area contributed by atoms with Crippen molar-refractivity contribution < 1.29 is 9.66 Å². The van der Waals surface area contributed by atoms with E-state index in [1.54, 1.807) is 13.0 Å². The fourth-order valence-corrected chi connectivity index (χ4v) is 2.87. The fourth-order valence-electron chi connectivity index (χ4n) is 2.87. The number of hydrogen-bond acceptors (Lipinski definition) is 6. The Bertz CT molecular complexity index is 525. The molecule has 3 heterocycles. The summed E-state index contributed by atoms with van der Waals surface area (Å²) in [4.78, 5) is 16.7. The fraction of sp³-hybridized carbons (Fsp3) is 0.643. The number of aryl methyl sites for hydroxylation is 1. The first-order valence-electron chi connectivity index (χ1n) is 7.33. The molecule has 0 spiro atoms. The third-order valence-electron chi connectivity index (χ3n) is 4.16. The minimum Gasteiger partial charge on any atom is -0.381 e. The largest absolute Gasteiger partial charge is 0.381 e. The number of nitrogens with one attached hydrogen (secondary N) is 1. The van der Waals surface area contributed by atoms with Crippen LogP contribution < -0.4 is 10.2 Å². The zero-order chi connectivity index (χ0) is 14.8. The first-order valence-corrected chi connectivity index (χ1v) is 7.33. The van der Waals surface area contributed by atoms with Gasteiger partial charge in [0.25, 0.3) is 5.69 Å². The van der Waals surface area contributed by atoms with Crippen molar-refractivity contribution in [1.29, 1.82) is 0 Å². The molecule has 0 saturated carbocycles. The van der Waals surface area contributed by atoms with Gasteiger partial charge in [0.05, 0.1) is 4.92 Å². The van der Waals surface area contributed by atoms with Crippen LogP contribution in [0.15, 0.2) is 12.3 Å². The first-order chi connectivity index (χ1) is 10.1. The molecular formula is C14H20N4O3. The van der Waals surface area contributed by atoms with Gasteiger partial charge in [0.1, 0.15) is 12.0 Å². The van der Waals surface area contributed by atoms with Crippen LogP contribution >= 0.6 is 0 Å². The second kappa shape index (κ2) is 5.95. The van der Waals surface area contributed by atoms with Gasteiger partial charge in [0.15, 0.2) is 0 Å². The molecule has 2 saturated heterocycles. The van der Waals surface area contributed by atoms with Gasteiger partial charge >= 0.3 is 0 Å². The van der Waals surface area contributed by atoms with Crippen molar-refractivity contribution >= 4 is 11.5 Å². The molecule has 2 fully saturated rings. The number of rotatable bonds is 4. The summed E-state index contributed by atoms with van der Waals surface area (Å²) in [5.74, 6) is 0.822. The number of pyridine rings is 1. The lowest BCUT2D eigenvalue weighted by Gasteiger charge is -2.43. The van der Waals surface area contributed by atoms with Gasteiger partial charge < -0.3 is 15.0 Å². The van der Waals surface area contributed by atoms with Crippen LogP contribution in [0.1, 0.15) is 18.4 Å². The molecule has 114 valence electrons. The van der Waals surface area contributed by atoms with Gasteiger partial charge in [-0.25, -0.2) is 4.98 Å². The Labute approximate surface area is 123 Å². The Kier molecular flexibility index (Phi) is 4.03. The average molecular weight is 292 g/mol. The number of anilines is 1. The zero-order valence-corrected chi connectivity index (χ0v) is 12.1. The summed E-state index contributed by atoms with van der Waals surface area (Å²) in [5.41, 5.74) is 0.738. The molecule has 21 heavy (non-hydrogen) atoms. The monoisotopic (exact) mass is 292 g/mol. The highest BCUT2D eigenvalue weighted by molar-refractivity contribution is 5.50. The van der Waals surface area contributed by atoms with Crippen molar-refractivity contribution in [3.63, 3.8) is 0 Å². The molecule has 0 radical (unpaired) electrons. The van der Waals surface area contributed by atoms with Crippen molar-refractivity contribution in [2.75, 3.05) is 31.2 Å². The van der Waals surface area contributed by atoms with Gasteiger partial charge in [-0.15, -0.1) is 0 Å². The average Bonchev–Trinajstić information content (AvgIpc) is 2.43. The van der Waals surface area contributed by atoms with Crippen molar-refractivity contribution in [3.8, 4) is 0 Å². The van der Waals surface area contributed by atoms with Gasteiger partial charge in [-0.1, -0.05) is 0 Å². The quantitative estimate of drug-likeness (QED) is 0.664. The molecule has 0 amide bonds. The molecule has 7 nitrogen and oxygen atoms in total. The topological polar surface area (TPSA) is 80.5 Å². The smallest absolute Gasteiger partial charge is 0.290 e. The summed E-state index contributed by atoms with van der Waals surface area (Å²) < 4.78 is 5.35. The van der Waals surface area contributed by atoms with Gasteiger partial charge in [0, 0.05) is 44.0 Å². The summed E-state index contributed by atoms with van der Waals surface area (Å²) in [5, 5.41) is 14.4. The Morgan fingerprint density at radius 1 is 1.38 bits per heavy atom. The van der Waals surface area contributed by atoms with Crippen LogP contribution in [0.25, 0.3) is 0 Å². The van der Waals surface area contributed by atoms with Crippen LogP contribution in [0.4, 0.5) is 11.5 Å². The van der Waals surface area contributed by atoms with Crippen LogP contribution in [0.5, 0.6) is 0 Å². The predicted molar refractivity (Wildman–Crippen MR) is 78.6 cm³/mol. The Balaban J connectivity index is 1.53. The Morgan fingerprint density at radius 3 is 2.71 bits per heavy atom. The molecule has 0 unspecified atom stereocenters. The standard InChI is InChI=1S/C14H20N4O3/c1-10-6-14(15-7-13(10)18(19)20)17-8-12(9-17)16-11-2-4-21-5-3-11/h6-7,11-12,16H,2-5,8-9H2,1H3. The van der Waals surface area contributed by atoms with E-state index in [1.165, 1.54) is 6.20 Å². The first kappa shape index (κ1) is 14.2. The highest BCUT2D eigenvalue weighted by atomic mass is 16.6. The maximum Gasteiger partial charge on any atom is 0.290 e. The Hall–Kier alpha value is -1.73. The molecule has 1 aromatic rings. The van der Waals surface area contributed by atoms with E-state index in [1.807, 2.05) is 0 Å². The molecule has 0 aromatic carbocycles. The number of ether oxygens (including phenoxy) is 1. The van der Waals surface area contributed by atoms with Crippen LogP contribution in [0, 0.1) is 17.0 Å². The molecule has 2 aliphatic heterocycles. The second-order valence-electron chi connectivity index (χ2n) is 5.74. The van der Waals surface area contributed by atoms with E-state index in [0.717, 1.165) is 45.0 Å². The zero-order valence-electron chi connectivity index (χ0n) is 12.1. The van der Waals surface area contributed by atoms with E-state index in [-0.39, 0.29) is 5.69 Å². The van der Waals surface area contributed by atoms with Crippen LogP contribution in [0.3, 0.4) is 0 Å². The van der Waals surface area contributed by atoms with E-state index in [9.17, 15) is 10.1 Å². The molecule has 3 rings (SSSR count). The molecule has 1 N–H and O–H groups in total. The third kappa shape index (κ3) is 3.14. The van der Waals surface area contributed by atoms with Crippen LogP contribution in [-0.2, 0) is 4.74 Å². The van der Waals surface area contributed by atoms with E-state index < -0.39 is 4.92 Å². The lowest BCUT2D eigenvalue weighted by atomic mass is 10.0. The van der Waals surface area contributed by atoms with E-state index in [0.29, 0.717) is 17.6 Å². The second-order valence-corrected chi connectivity index (χ2v) is 5.74. The van der Waals surface area contributed by atoms with Crippen LogP contribution in [-0.4, -0.2) is 48.3 Å². The summed E-state index contributed by atoms with van der Waals surface area (Å²) in [6.07, 6.45) is 3.50. The summed E-state index contributed by atoms with van der Waals surface area (Å²) >= 11 is 0. The molecule has 0 atom stereocenters. The van der Waals surface area contributed by atoms with Gasteiger partial charge in [-0.2, -0.15) is 0 Å². The SMILES string of the molecule is Cc1cc(N2CC(NC3CCOCC3)C2)ncc1[N+](=O)[O-]. The lowest BCUT2D eigenvalue weighted by Crippen LogP contribution is -2.61. The highest BCUT2D eigenvalue weighted by Gasteiger charge is 2.30. The molecule has 1 aromatic heterocycles. The normalized spacial score (nSPS) is 20.3. The minimum atomic E-state index is -0.391. The summed E-state index contributed by atoms with van der Waals surface area (Å²) in [6, 6.07) is 2.82. The van der Waals surface area contributed by atoms with Gasteiger partial charge in [-0.05, 0) is 25.8 Å². The van der Waals surface area contributed by atoms with Gasteiger partial charge in [-0.3, -0.25) is 10.1 Å². The number of nitrogens with zero attached hydrogens (tertiary/aromatic N) is 3. The molecule has 0 aliphatic carbocycles. The van der Waals surface area contributed by atoms with E-state index >= 15 is 0 Å². The molecule has 0 bridgehead atoms. The van der Waals surface area contributed by atoms with Crippen molar-refractivity contribution in [1.82, 2.24) is 10.3 Å². The summed E-state index contributed by atoms with van der Waals surface area (Å²) in [6.45, 7) is 5.25. The number of aromatic nitrogens is 1. The summed E-state index contributed by atoms with van der Waals surface area (Å²) in [7, 11) is 0. The predicted octanol–water partition coefficient (Wildman–Crippen LogP) is 1.26. The van der Waals surface area contributed by atoms with Crippen LogP contribution in [0.2, 0.25) is 0 Å². The lowest BCUT2D eigenvalue weighted by molar-refractivity contribution is -0.385. The number of hydrogen-bond donors (Lipinski definition) is 1. The minimum absolute atomic E-state index is 0.0798. The third-order valence-corrected chi connectivity index (χ3v) is 4.16. The number of nitro groups is 1.